The molecule has 0 saturated heterocycles. The van der Waals surface area contributed by atoms with E-state index in [-0.39, 0.29) is 29.9 Å². The number of hydrogen-bond donors (Lipinski definition) is 1. The fourth-order valence-electron chi connectivity index (χ4n) is 2.15. The van der Waals surface area contributed by atoms with Crippen molar-refractivity contribution in [2.45, 2.75) is 13.8 Å². The summed E-state index contributed by atoms with van der Waals surface area (Å²) in [6.45, 7) is 3.88. The Kier molecular flexibility index (Phi) is 5.04. The molecule has 0 atom stereocenters. The van der Waals surface area contributed by atoms with E-state index in [4.69, 9.17) is 14.8 Å². The van der Waals surface area contributed by atoms with Crippen molar-refractivity contribution in [3.63, 3.8) is 0 Å². The van der Waals surface area contributed by atoms with Crippen LogP contribution >= 0.6 is 7.60 Å². The Balaban J connectivity index is 2.62. The lowest BCUT2D eigenvalue weighted by Crippen LogP contribution is -2.13. The van der Waals surface area contributed by atoms with Gasteiger partial charge in [-0.2, -0.15) is 5.26 Å². The molecule has 6 nitrogen and oxygen atoms in total. The zero-order valence-electron chi connectivity index (χ0n) is 12.5. The van der Waals surface area contributed by atoms with Crippen LogP contribution in [0.1, 0.15) is 19.5 Å². The summed E-state index contributed by atoms with van der Waals surface area (Å²) in [5.74, 6) is 0. The fourth-order valence-corrected chi connectivity index (χ4v) is 3.84. The van der Waals surface area contributed by atoms with E-state index in [0.717, 1.165) is 5.69 Å². The minimum absolute atomic E-state index is 0.122. The van der Waals surface area contributed by atoms with Crippen LogP contribution in [0.25, 0.3) is 5.69 Å². The van der Waals surface area contributed by atoms with E-state index >= 15 is 0 Å². The van der Waals surface area contributed by atoms with Crippen molar-refractivity contribution in [2.75, 3.05) is 18.9 Å². The first-order chi connectivity index (χ1) is 10.6. The SMILES string of the molecule is CCOP(=O)(OCC)c1cn(-c2ccccc2)c(C#N)c1N. The maximum Gasteiger partial charge on any atom is 0.365 e. The highest BCUT2D eigenvalue weighted by Crippen LogP contribution is 2.49. The third-order valence-corrected chi connectivity index (χ3v) is 5.20. The van der Waals surface area contributed by atoms with Crippen LogP contribution < -0.4 is 11.0 Å². The Bertz CT molecular complexity index is 724. The molecule has 22 heavy (non-hydrogen) atoms. The van der Waals surface area contributed by atoms with Crippen LogP contribution in [0.5, 0.6) is 0 Å². The lowest BCUT2D eigenvalue weighted by atomic mass is 10.3. The molecule has 2 rings (SSSR count). The predicted octanol–water partition coefficient (Wildman–Crippen LogP) is 2.82. The number of nitrogen functional groups attached to an aromatic ring is 1. The molecule has 1 aromatic heterocycles. The van der Waals surface area contributed by atoms with Crippen LogP contribution in [0.3, 0.4) is 0 Å². The minimum Gasteiger partial charge on any atom is -0.396 e. The molecule has 0 aliphatic carbocycles. The molecule has 0 aliphatic rings. The molecule has 0 saturated carbocycles. The Hall–Kier alpha value is -2.06. The molecule has 0 amide bonds. The zero-order valence-corrected chi connectivity index (χ0v) is 13.4. The van der Waals surface area contributed by atoms with Gasteiger partial charge >= 0.3 is 7.60 Å². The second-order valence-electron chi connectivity index (χ2n) is 4.43. The summed E-state index contributed by atoms with van der Waals surface area (Å²) >= 11 is 0. The molecule has 2 aromatic rings. The number of para-hydroxylation sites is 1. The van der Waals surface area contributed by atoms with Crippen LogP contribution in [-0.4, -0.2) is 17.8 Å². The van der Waals surface area contributed by atoms with Crippen LogP contribution in [0, 0.1) is 11.3 Å². The van der Waals surface area contributed by atoms with E-state index in [1.807, 2.05) is 36.4 Å². The van der Waals surface area contributed by atoms with Gasteiger partial charge in [-0.15, -0.1) is 0 Å². The zero-order chi connectivity index (χ0) is 16.2. The van der Waals surface area contributed by atoms with Crippen molar-refractivity contribution >= 4 is 18.6 Å². The number of nitrogens with zero attached hydrogens (tertiary/aromatic N) is 2. The first kappa shape index (κ1) is 16.3. The Morgan fingerprint density at radius 1 is 1.23 bits per heavy atom. The third kappa shape index (κ3) is 2.93. The molecule has 1 heterocycles. The van der Waals surface area contributed by atoms with Gasteiger partial charge in [-0.25, -0.2) is 0 Å². The number of anilines is 1. The van der Waals surface area contributed by atoms with Crippen molar-refractivity contribution in [1.29, 1.82) is 5.26 Å². The van der Waals surface area contributed by atoms with Crippen LogP contribution in [0.4, 0.5) is 5.69 Å². The highest BCUT2D eigenvalue weighted by Gasteiger charge is 2.33. The van der Waals surface area contributed by atoms with Crippen molar-refractivity contribution in [3.8, 4) is 11.8 Å². The van der Waals surface area contributed by atoms with Crippen molar-refractivity contribution in [1.82, 2.24) is 4.57 Å². The third-order valence-electron chi connectivity index (χ3n) is 3.06. The van der Waals surface area contributed by atoms with Crippen molar-refractivity contribution in [2.24, 2.45) is 0 Å². The molecule has 1 aromatic carbocycles. The molecule has 116 valence electrons. The quantitative estimate of drug-likeness (QED) is 0.827. The summed E-state index contributed by atoms with van der Waals surface area (Å²) in [6, 6.07) is 11.3. The smallest absolute Gasteiger partial charge is 0.365 e. The highest BCUT2D eigenvalue weighted by molar-refractivity contribution is 7.62. The fraction of sp³-hybridized carbons (Fsp3) is 0.267. The van der Waals surface area contributed by atoms with Gasteiger partial charge in [0.25, 0.3) is 0 Å². The highest BCUT2D eigenvalue weighted by atomic mass is 31.2. The maximum absolute atomic E-state index is 12.9. The molecule has 0 bridgehead atoms. The molecule has 0 spiro atoms. The van der Waals surface area contributed by atoms with E-state index in [1.54, 1.807) is 24.6 Å². The van der Waals surface area contributed by atoms with Gasteiger partial charge in [-0.3, -0.25) is 4.57 Å². The van der Waals surface area contributed by atoms with E-state index < -0.39 is 7.60 Å². The molecule has 2 N–H and O–H groups in total. The van der Waals surface area contributed by atoms with Gasteiger partial charge in [0, 0.05) is 11.9 Å². The number of hydrogen-bond acceptors (Lipinski definition) is 5. The van der Waals surface area contributed by atoms with Gasteiger partial charge in [-0.1, -0.05) is 18.2 Å². The first-order valence-electron chi connectivity index (χ1n) is 6.93. The van der Waals surface area contributed by atoms with Gasteiger partial charge in [0.05, 0.1) is 18.9 Å². The van der Waals surface area contributed by atoms with Gasteiger partial charge in [0.2, 0.25) is 0 Å². The summed E-state index contributed by atoms with van der Waals surface area (Å²) < 4.78 is 25.1. The van der Waals surface area contributed by atoms with E-state index in [2.05, 4.69) is 0 Å². The van der Waals surface area contributed by atoms with Crippen molar-refractivity contribution < 1.29 is 13.6 Å². The number of benzene rings is 1. The summed E-state index contributed by atoms with van der Waals surface area (Å²) in [5, 5.41) is 9.60. The van der Waals surface area contributed by atoms with Gasteiger partial charge in [0.1, 0.15) is 17.1 Å². The van der Waals surface area contributed by atoms with Crippen LogP contribution in [0.15, 0.2) is 36.5 Å². The van der Waals surface area contributed by atoms with Gasteiger partial charge in [0.15, 0.2) is 0 Å². The minimum atomic E-state index is -3.55. The van der Waals surface area contributed by atoms with Crippen LogP contribution in [0.2, 0.25) is 0 Å². The van der Waals surface area contributed by atoms with E-state index in [1.165, 1.54) is 0 Å². The Morgan fingerprint density at radius 3 is 2.32 bits per heavy atom. The normalized spacial score (nSPS) is 11.3. The number of nitrogens with two attached hydrogens (primary N) is 1. The van der Waals surface area contributed by atoms with Crippen molar-refractivity contribution in [3.05, 3.63) is 42.2 Å². The summed E-state index contributed by atoms with van der Waals surface area (Å²) in [5.41, 5.74) is 7.10. The number of aromatic nitrogens is 1. The van der Waals surface area contributed by atoms with E-state index in [9.17, 15) is 9.83 Å². The monoisotopic (exact) mass is 319 g/mol. The maximum atomic E-state index is 12.9. The lowest BCUT2D eigenvalue weighted by molar-refractivity contribution is 0.230. The molecule has 0 aliphatic heterocycles. The summed E-state index contributed by atoms with van der Waals surface area (Å²) in [7, 11) is -3.55. The summed E-state index contributed by atoms with van der Waals surface area (Å²) in [4.78, 5) is 0. The topological polar surface area (TPSA) is 90.3 Å². The van der Waals surface area contributed by atoms with Gasteiger partial charge < -0.3 is 19.3 Å². The Labute approximate surface area is 129 Å². The molecule has 0 fully saturated rings. The Morgan fingerprint density at radius 2 is 1.82 bits per heavy atom. The predicted molar refractivity (Wildman–Crippen MR) is 85.4 cm³/mol. The second kappa shape index (κ2) is 6.80. The van der Waals surface area contributed by atoms with Gasteiger partial charge in [-0.05, 0) is 26.0 Å². The van der Waals surface area contributed by atoms with Crippen LogP contribution in [-0.2, 0) is 13.6 Å². The standard InChI is InChI=1S/C15H18N3O3P/c1-3-20-22(19,21-4-2)14-11-18(13(10-16)15(14)17)12-8-6-5-7-9-12/h5-9,11H,3-4,17H2,1-2H3. The molecule has 0 radical (unpaired) electrons. The molecular formula is C15H18N3O3P. The second-order valence-corrected chi connectivity index (χ2v) is 6.42. The number of rotatable bonds is 6. The van der Waals surface area contributed by atoms with E-state index in [0.29, 0.717) is 0 Å². The lowest BCUT2D eigenvalue weighted by Gasteiger charge is -2.16. The summed E-state index contributed by atoms with van der Waals surface area (Å²) in [6.07, 6.45) is 1.55. The molecular weight excluding hydrogens is 301 g/mol. The first-order valence-corrected chi connectivity index (χ1v) is 8.47. The average Bonchev–Trinajstić information content (AvgIpc) is 2.86. The molecule has 0 unspecified atom stereocenters. The average molecular weight is 319 g/mol. The number of nitriles is 1. The molecule has 7 heteroatoms. The largest absolute Gasteiger partial charge is 0.396 e.